The molecular weight excluding hydrogens is 454 g/mol. The van der Waals surface area contributed by atoms with Crippen molar-refractivity contribution < 1.29 is 9.15 Å². The summed E-state index contributed by atoms with van der Waals surface area (Å²) in [6.07, 6.45) is -0.203. The molecule has 37 heavy (non-hydrogen) atoms. The lowest BCUT2D eigenvalue weighted by Gasteiger charge is -2.26. The highest BCUT2D eigenvalue weighted by Gasteiger charge is 2.50. The van der Waals surface area contributed by atoms with E-state index in [0.717, 1.165) is 39.4 Å². The fraction of sp³-hybridized carbons (Fsp3) is 0.0588. The van der Waals surface area contributed by atoms with Crippen LogP contribution in [0, 0.1) is 0 Å². The van der Waals surface area contributed by atoms with Crippen molar-refractivity contribution >= 4 is 22.5 Å². The molecule has 0 radical (unpaired) electrons. The fourth-order valence-corrected chi connectivity index (χ4v) is 5.95. The molecule has 176 valence electrons. The monoisotopic (exact) mass is 477 g/mol. The molecule has 0 bridgehead atoms. The quantitative estimate of drug-likeness (QED) is 0.255. The van der Waals surface area contributed by atoms with Crippen LogP contribution in [0.3, 0.4) is 0 Å². The normalized spacial score (nSPS) is 17.4. The molecule has 6 aromatic rings. The van der Waals surface area contributed by atoms with Gasteiger partial charge in [-0.1, -0.05) is 97.1 Å². The maximum atomic E-state index is 6.64. The van der Waals surface area contributed by atoms with Gasteiger partial charge in [0.25, 0.3) is 0 Å². The van der Waals surface area contributed by atoms with Crippen LogP contribution in [0.5, 0.6) is 5.75 Å². The molecule has 3 nitrogen and oxygen atoms in total. The summed E-state index contributed by atoms with van der Waals surface area (Å²) in [5.41, 5.74) is 9.06. The van der Waals surface area contributed by atoms with Crippen molar-refractivity contribution in [2.24, 2.45) is 0 Å². The Balaban J connectivity index is 1.38. The number of furan rings is 1. The number of hydrogen-bond acceptors (Lipinski definition) is 3. The summed E-state index contributed by atoms with van der Waals surface area (Å²) < 4.78 is 13.2. The highest BCUT2D eigenvalue weighted by molar-refractivity contribution is 5.93. The van der Waals surface area contributed by atoms with Gasteiger partial charge in [-0.15, -0.1) is 0 Å². The fourth-order valence-electron chi connectivity index (χ4n) is 5.95. The van der Waals surface area contributed by atoms with E-state index >= 15 is 0 Å². The number of ether oxygens (including phenoxy) is 1. The standard InChI is InChI=1S/C34H23NO2/c1-3-11-22(12-4-1)24-19-25(23-13-5-2-6-14-23)21-26(20-24)35-33-31(27-15-7-9-17-29(27)36-33)32-28-16-8-10-18-30(28)37-34(32)35/h1-21,31,33H. The van der Waals surface area contributed by atoms with E-state index in [2.05, 4.69) is 120 Å². The molecule has 0 spiro atoms. The first-order chi connectivity index (χ1) is 18.3. The van der Waals surface area contributed by atoms with Crippen molar-refractivity contribution in [2.45, 2.75) is 12.1 Å². The zero-order valence-electron chi connectivity index (χ0n) is 20.0. The molecule has 0 amide bonds. The topological polar surface area (TPSA) is 25.6 Å². The minimum absolute atomic E-state index is 0.0791. The number of benzene rings is 5. The van der Waals surface area contributed by atoms with E-state index in [-0.39, 0.29) is 12.1 Å². The van der Waals surface area contributed by atoms with E-state index in [9.17, 15) is 0 Å². The van der Waals surface area contributed by atoms with E-state index in [1.54, 1.807) is 0 Å². The number of nitrogens with zero attached hydrogens (tertiary/aromatic N) is 1. The maximum absolute atomic E-state index is 6.64. The number of para-hydroxylation sites is 2. The van der Waals surface area contributed by atoms with Gasteiger partial charge in [0.1, 0.15) is 11.3 Å². The highest BCUT2D eigenvalue weighted by Crippen LogP contribution is 2.57. The van der Waals surface area contributed by atoms with Crippen molar-refractivity contribution in [3.8, 4) is 28.0 Å². The van der Waals surface area contributed by atoms with Gasteiger partial charge < -0.3 is 9.15 Å². The van der Waals surface area contributed by atoms with Crippen LogP contribution in [-0.2, 0) is 0 Å². The smallest absolute Gasteiger partial charge is 0.208 e. The summed E-state index contributed by atoms with van der Waals surface area (Å²) in [6.45, 7) is 0. The third-order valence-electron chi connectivity index (χ3n) is 7.60. The van der Waals surface area contributed by atoms with Gasteiger partial charge in [-0.25, -0.2) is 0 Å². The van der Waals surface area contributed by atoms with Crippen LogP contribution in [0.15, 0.2) is 132 Å². The van der Waals surface area contributed by atoms with E-state index in [1.807, 2.05) is 12.1 Å². The van der Waals surface area contributed by atoms with E-state index in [0.29, 0.717) is 0 Å². The van der Waals surface area contributed by atoms with Crippen molar-refractivity contribution in [1.29, 1.82) is 0 Å². The molecule has 3 heterocycles. The SMILES string of the molecule is c1ccc(-c2cc(-c3ccccc3)cc(N3c4oc5ccccc5c4C4c5ccccc5OC43)c2)cc1. The molecule has 0 saturated heterocycles. The maximum Gasteiger partial charge on any atom is 0.208 e. The molecule has 2 atom stereocenters. The van der Waals surface area contributed by atoms with Crippen LogP contribution in [0.25, 0.3) is 33.2 Å². The van der Waals surface area contributed by atoms with Crippen molar-refractivity contribution in [3.63, 3.8) is 0 Å². The predicted octanol–water partition coefficient (Wildman–Crippen LogP) is 8.77. The zero-order valence-corrected chi connectivity index (χ0v) is 20.0. The van der Waals surface area contributed by atoms with Crippen LogP contribution in [-0.4, -0.2) is 6.23 Å². The third kappa shape index (κ3) is 3.07. The Labute approximate surface area is 215 Å². The second-order valence-electron chi connectivity index (χ2n) is 9.71. The average Bonchev–Trinajstić information content (AvgIpc) is 3.61. The van der Waals surface area contributed by atoms with Gasteiger partial charge >= 0.3 is 0 Å². The first-order valence-corrected chi connectivity index (χ1v) is 12.7. The first-order valence-electron chi connectivity index (χ1n) is 12.7. The Hall–Kier alpha value is -4.76. The van der Waals surface area contributed by atoms with Gasteiger partial charge in [-0.3, -0.25) is 4.90 Å². The Morgan fingerprint density at radius 1 is 0.568 bits per heavy atom. The number of anilines is 2. The van der Waals surface area contributed by atoms with E-state index < -0.39 is 0 Å². The van der Waals surface area contributed by atoms with Crippen LogP contribution in [0.1, 0.15) is 17.0 Å². The molecule has 0 N–H and O–H groups in total. The van der Waals surface area contributed by atoms with Gasteiger partial charge in [0.05, 0.1) is 5.92 Å². The van der Waals surface area contributed by atoms with Gasteiger partial charge in [0.2, 0.25) is 5.88 Å². The summed E-state index contributed by atoms with van der Waals surface area (Å²) in [5, 5.41) is 1.15. The summed E-state index contributed by atoms with van der Waals surface area (Å²) in [6, 6.07) is 44.6. The molecule has 0 saturated carbocycles. The molecule has 2 aliphatic heterocycles. The summed E-state index contributed by atoms with van der Waals surface area (Å²) in [7, 11) is 0. The zero-order chi connectivity index (χ0) is 24.3. The van der Waals surface area contributed by atoms with Gasteiger partial charge in [-0.05, 0) is 52.6 Å². The summed E-state index contributed by atoms with van der Waals surface area (Å²) in [4.78, 5) is 2.26. The summed E-state index contributed by atoms with van der Waals surface area (Å²) in [5.74, 6) is 1.89. The van der Waals surface area contributed by atoms with Crippen LogP contribution < -0.4 is 9.64 Å². The molecular formula is C34H23NO2. The van der Waals surface area contributed by atoms with Crippen LogP contribution in [0.4, 0.5) is 11.6 Å². The number of fused-ring (bicyclic) bond motifs is 7. The Morgan fingerprint density at radius 2 is 1.19 bits per heavy atom. The second-order valence-corrected chi connectivity index (χ2v) is 9.71. The molecule has 2 unspecified atom stereocenters. The molecule has 8 rings (SSSR count). The van der Waals surface area contributed by atoms with Crippen molar-refractivity contribution in [2.75, 3.05) is 4.90 Å². The van der Waals surface area contributed by atoms with Crippen molar-refractivity contribution in [1.82, 2.24) is 0 Å². The Morgan fingerprint density at radius 3 is 1.92 bits per heavy atom. The lowest BCUT2D eigenvalue weighted by molar-refractivity contribution is 0.231. The van der Waals surface area contributed by atoms with E-state index in [4.69, 9.17) is 9.15 Å². The number of hydrogen-bond donors (Lipinski definition) is 0. The number of rotatable bonds is 3. The second kappa shape index (κ2) is 7.87. The Kier molecular flexibility index (Phi) is 4.35. The minimum atomic E-state index is -0.203. The molecule has 2 aliphatic rings. The molecule has 1 aromatic heterocycles. The first kappa shape index (κ1) is 20.4. The van der Waals surface area contributed by atoms with E-state index in [1.165, 1.54) is 22.3 Å². The molecule has 3 heteroatoms. The Bertz CT molecular complexity index is 1710. The summed E-state index contributed by atoms with van der Waals surface area (Å²) >= 11 is 0. The molecule has 0 fully saturated rings. The molecule has 5 aromatic carbocycles. The third-order valence-corrected chi connectivity index (χ3v) is 7.60. The van der Waals surface area contributed by atoms with Crippen LogP contribution >= 0.6 is 0 Å². The lowest BCUT2D eigenvalue weighted by atomic mass is 9.92. The minimum Gasteiger partial charge on any atom is -0.469 e. The lowest BCUT2D eigenvalue weighted by Crippen LogP contribution is -2.32. The predicted molar refractivity (Wildman–Crippen MR) is 148 cm³/mol. The molecule has 0 aliphatic carbocycles. The highest BCUT2D eigenvalue weighted by atomic mass is 16.5. The van der Waals surface area contributed by atoms with Gasteiger partial charge in [0.15, 0.2) is 6.23 Å². The average molecular weight is 478 g/mol. The van der Waals surface area contributed by atoms with Crippen LogP contribution in [0.2, 0.25) is 0 Å². The largest absolute Gasteiger partial charge is 0.469 e. The van der Waals surface area contributed by atoms with Gasteiger partial charge in [-0.2, -0.15) is 0 Å². The van der Waals surface area contributed by atoms with Crippen molar-refractivity contribution in [3.05, 3.63) is 139 Å². The van der Waals surface area contributed by atoms with Gasteiger partial charge in [0, 0.05) is 22.2 Å².